The Hall–Kier alpha value is -0.120. The van der Waals surface area contributed by atoms with Crippen molar-refractivity contribution < 1.29 is 9.57 Å². The van der Waals surface area contributed by atoms with Gasteiger partial charge in [-0.05, 0) is 20.8 Å². The van der Waals surface area contributed by atoms with Gasteiger partial charge in [0.2, 0.25) is 0 Å². The molecule has 0 aromatic heterocycles. The standard InChI is InChI=1S/C7H15NO2/c1-7(2,3)8-10-5-6-4-9-6/h6,8H,4-5H2,1-3H3. The van der Waals surface area contributed by atoms with Crippen molar-refractivity contribution in [2.24, 2.45) is 0 Å². The third kappa shape index (κ3) is 3.82. The molecule has 3 heteroatoms. The third-order valence-electron chi connectivity index (χ3n) is 1.05. The van der Waals surface area contributed by atoms with Crippen LogP contribution in [0.5, 0.6) is 0 Å². The molecule has 0 amide bonds. The van der Waals surface area contributed by atoms with E-state index in [1.807, 2.05) is 0 Å². The van der Waals surface area contributed by atoms with Gasteiger partial charge in [0.15, 0.2) is 0 Å². The average molecular weight is 145 g/mol. The molecule has 1 N–H and O–H groups in total. The Bertz CT molecular complexity index is 105. The van der Waals surface area contributed by atoms with E-state index in [0.29, 0.717) is 12.7 Å². The maximum Gasteiger partial charge on any atom is 0.106 e. The van der Waals surface area contributed by atoms with Crippen LogP contribution in [0.4, 0.5) is 0 Å². The molecule has 3 nitrogen and oxygen atoms in total. The summed E-state index contributed by atoms with van der Waals surface area (Å²) < 4.78 is 4.96. The molecule has 10 heavy (non-hydrogen) atoms. The Balaban J connectivity index is 1.93. The van der Waals surface area contributed by atoms with Gasteiger partial charge in [0.1, 0.15) is 6.10 Å². The highest BCUT2D eigenvalue weighted by Gasteiger charge is 2.23. The molecule has 0 bridgehead atoms. The van der Waals surface area contributed by atoms with Crippen LogP contribution in [0, 0.1) is 0 Å². The number of hydrogen-bond donors (Lipinski definition) is 1. The highest BCUT2D eigenvalue weighted by molar-refractivity contribution is 4.68. The predicted octanol–water partition coefficient (Wildman–Crippen LogP) is 0.705. The SMILES string of the molecule is CC(C)(C)NOCC1CO1. The van der Waals surface area contributed by atoms with Crippen LogP contribution in [0.1, 0.15) is 20.8 Å². The Morgan fingerprint density at radius 2 is 2.20 bits per heavy atom. The summed E-state index contributed by atoms with van der Waals surface area (Å²) in [5.74, 6) is 0. The molecule has 1 rings (SSSR count). The topological polar surface area (TPSA) is 33.8 Å². The molecule has 0 saturated carbocycles. The Labute approximate surface area is 61.7 Å². The summed E-state index contributed by atoms with van der Waals surface area (Å²) in [7, 11) is 0. The number of ether oxygens (including phenoxy) is 1. The largest absolute Gasteiger partial charge is 0.371 e. The second-order valence-corrected chi connectivity index (χ2v) is 3.62. The molecule has 0 aromatic rings. The molecule has 0 aromatic carbocycles. The van der Waals surface area contributed by atoms with E-state index in [1.54, 1.807) is 0 Å². The Morgan fingerprint density at radius 3 is 2.60 bits per heavy atom. The van der Waals surface area contributed by atoms with Crippen LogP contribution in [-0.2, 0) is 9.57 Å². The first-order valence-corrected chi connectivity index (χ1v) is 3.58. The summed E-state index contributed by atoms with van der Waals surface area (Å²) in [4.78, 5) is 5.15. The molecular formula is C7H15NO2. The monoisotopic (exact) mass is 145 g/mol. The zero-order valence-electron chi connectivity index (χ0n) is 6.81. The van der Waals surface area contributed by atoms with E-state index >= 15 is 0 Å². The first-order chi connectivity index (χ1) is 4.58. The van der Waals surface area contributed by atoms with E-state index in [1.165, 1.54) is 0 Å². The summed E-state index contributed by atoms with van der Waals surface area (Å²) in [5.41, 5.74) is 2.95. The highest BCUT2D eigenvalue weighted by Crippen LogP contribution is 2.08. The number of hydrogen-bond acceptors (Lipinski definition) is 3. The van der Waals surface area contributed by atoms with E-state index in [-0.39, 0.29) is 5.54 Å². The second kappa shape index (κ2) is 2.86. The normalized spacial score (nSPS) is 24.9. The van der Waals surface area contributed by atoms with E-state index in [2.05, 4.69) is 26.3 Å². The lowest BCUT2D eigenvalue weighted by atomic mass is 10.1. The predicted molar refractivity (Wildman–Crippen MR) is 38.6 cm³/mol. The van der Waals surface area contributed by atoms with E-state index in [9.17, 15) is 0 Å². The van der Waals surface area contributed by atoms with Crippen LogP contribution in [-0.4, -0.2) is 24.9 Å². The van der Waals surface area contributed by atoms with Crippen molar-refractivity contribution in [2.45, 2.75) is 32.4 Å². The maximum atomic E-state index is 5.15. The molecular weight excluding hydrogens is 130 g/mol. The van der Waals surface area contributed by atoms with Gasteiger partial charge in [0.05, 0.1) is 13.2 Å². The van der Waals surface area contributed by atoms with Crippen LogP contribution in [0.2, 0.25) is 0 Å². The van der Waals surface area contributed by atoms with Crippen LogP contribution in [0.25, 0.3) is 0 Å². The van der Waals surface area contributed by atoms with Gasteiger partial charge in [-0.3, -0.25) is 4.84 Å². The van der Waals surface area contributed by atoms with Gasteiger partial charge in [0.25, 0.3) is 0 Å². The highest BCUT2D eigenvalue weighted by atomic mass is 16.7. The summed E-state index contributed by atoms with van der Waals surface area (Å²) in [6.07, 6.45) is 0.342. The quantitative estimate of drug-likeness (QED) is 0.469. The minimum absolute atomic E-state index is 0.0366. The van der Waals surface area contributed by atoms with Crippen molar-refractivity contribution in [1.29, 1.82) is 0 Å². The molecule has 1 fully saturated rings. The van der Waals surface area contributed by atoms with Gasteiger partial charge in [-0.15, -0.1) is 0 Å². The van der Waals surface area contributed by atoms with E-state index in [0.717, 1.165) is 6.61 Å². The Morgan fingerprint density at radius 1 is 1.60 bits per heavy atom. The molecule has 0 spiro atoms. The number of epoxide rings is 1. The zero-order chi connectivity index (χ0) is 7.61. The van der Waals surface area contributed by atoms with Crippen LogP contribution in [0.3, 0.4) is 0 Å². The summed E-state index contributed by atoms with van der Waals surface area (Å²) in [6.45, 7) is 7.69. The lowest BCUT2D eigenvalue weighted by molar-refractivity contribution is -0.0129. The fraction of sp³-hybridized carbons (Fsp3) is 1.00. The van der Waals surface area contributed by atoms with Gasteiger partial charge in [0, 0.05) is 5.54 Å². The van der Waals surface area contributed by atoms with E-state index in [4.69, 9.17) is 9.57 Å². The molecule has 0 radical (unpaired) electrons. The van der Waals surface area contributed by atoms with Gasteiger partial charge >= 0.3 is 0 Å². The van der Waals surface area contributed by atoms with Gasteiger partial charge in [-0.1, -0.05) is 0 Å². The van der Waals surface area contributed by atoms with Crippen molar-refractivity contribution >= 4 is 0 Å². The van der Waals surface area contributed by atoms with Gasteiger partial charge in [-0.2, -0.15) is 5.48 Å². The third-order valence-corrected chi connectivity index (χ3v) is 1.05. The first kappa shape index (κ1) is 7.98. The molecule has 1 saturated heterocycles. The van der Waals surface area contributed by atoms with Gasteiger partial charge in [-0.25, -0.2) is 0 Å². The number of rotatable bonds is 3. The number of hydroxylamine groups is 1. The fourth-order valence-corrected chi connectivity index (χ4v) is 0.515. The number of nitrogens with one attached hydrogen (secondary N) is 1. The summed E-state index contributed by atoms with van der Waals surface area (Å²) >= 11 is 0. The molecule has 1 aliphatic rings. The van der Waals surface area contributed by atoms with Crippen molar-refractivity contribution in [3.8, 4) is 0 Å². The molecule has 1 aliphatic heterocycles. The van der Waals surface area contributed by atoms with Crippen LogP contribution in [0.15, 0.2) is 0 Å². The zero-order valence-corrected chi connectivity index (χ0v) is 6.81. The maximum absolute atomic E-state index is 5.15. The first-order valence-electron chi connectivity index (χ1n) is 3.58. The summed E-state index contributed by atoms with van der Waals surface area (Å²) in [6, 6.07) is 0. The smallest absolute Gasteiger partial charge is 0.106 e. The minimum Gasteiger partial charge on any atom is -0.371 e. The fourth-order valence-electron chi connectivity index (χ4n) is 0.515. The Kier molecular flexibility index (Phi) is 2.28. The van der Waals surface area contributed by atoms with Crippen LogP contribution >= 0.6 is 0 Å². The molecule has 60 valence electrons. The average Bonchev–Trinajstić information content (AvgIpc) is 2.45. The molecule has 1 atom stereocenters. The van der Waals surface area contributed by atoms with Crippen molar-refractivity contribution in [2.75, 3.05) is 13.2 Å². The van der Waals surface area contributed by atoms with E-state index < -0.39 is 0 Å². The van der Waals surface area contributed by atoms with Crippen molar-refractivity contribution in [3.63, 3.8) is 0 Å². The lowest BCUT2D eigenvalue weighted by Gasteiger charge is -2.19. The molecule has 1 heterocycles. The molecule has 1 unspecified atom stereocenters. The van der Waals surface area contributed by atoms with Crippen LogP contribution < -0.4 is 5.48 Å². The van der Waals surface area contributed by atoms with Crippen molar-refractivity contribution in [3.05, 3.63) is 0 Å². The molecule has 0 aliphatic carbocycles. The van der Waals surface area contributed by atoms with Crippen molar-refractivity contribution in [1.82, 2.24) is 5.48 Å². The summed E-state index contributed by atoms with van der Waals surface area (Å²) in [5, 5.41) is 0. The lowest BCUT2D eigenvalue weighted by Crippen LogP contribution is -2.36. The minimum atomic E-state index is 0.0366. The second-order valence-electron chi connectivity index (χ2n) is 3.62. The van der Waals surface area contributed by atoms with Gasteiger partial charge < -0.3 is 4.74 Å².